The zero-order chi connectivity index (χ0) is 15.7. The second kappa shape index (κ2) is 5.79. The molecule has 0 atom stereocenters. The standard InChI is InChI=1S/C14H16N4O2S2/c1-3-18-9-15-17-13(18)8-16-22(19,20)14-10(2)21-12-7-5-4-6-11(12)14/h4-7,9,16H,3,8H2,1-2H3. The van der Waals surface area contributed by atoms with Crippen molar-refractivity contribution in [1.29, 1.82) is 0 Å². The van der Waals surface area contributed by atoms with Gasteiger partial charge in [-0.2, -0.15) is 0 Å². The Morgan fingerprint density at radius 3 is 2.86 bits per heavy atom. The summed E-state index contributed by atoms with van der Waals surface area (Å²) in [6.45, 7) is 4.61. The molecule has 0 radical (unpaired) electrons. The quantitative estimate of drug-likeness (QED) is 0.775. The van der Waals surface area contributed by atoms with Gasteiger partial charge in [0.05, 0.1) is 6.54 Å². The average Bonchev–Trinajstić information content (AvgIpc) is 3.07. The van der Waals surface area contributed by atoms with Crippen molar-refractivity contribution >= 4 is 31.4 Å². The van der Waals surface area contributed by atoms with Gasteiger partial charge in [0.15, 0.2) is 0 Å². The first-order valence-corrected chi connectivity index (χ1v) is 9.17. The molecule has 0 saturated carbocycles. The van der Waals surface area contributed by atoms with E-state index in [4.69, 9.17) is 0 Å². The average molecular weight is 336 g/mol. The molecule has 0 aliphatic heterocycles. The summed E-state index contributed by atoms with van der Waals surface area (Å²) in [7, 11) is -3.60. The van der Waals surface area contributed by atoms with E-state index in [2.05, 4.69) is 14.9 Å². The van der Waals surface area contributed by atoms with E-state index >= 15 is 0 Å². The fourth-order valence-electron chi connectivity index (χ4n) is 2.39. The third-order valence-corrected chi connectivity index (χ3v) is 6.24. The van der Waals surface area contributed by atoms with E-state index in [0.717, 1.165) is 15.0 Å². The molecular formula is C14H16N4O2S2. The smallest absolute Gasteiger partial charge is 0.242 e. The monoisotopic (exact) mass is 336 g/mol. The Morgan fingerprint density at radius 2 is 2.09 bits per heavy atom. The molecule has 0 fully saturated rings. The molecule has 2 heterocycles. The molecular weight excluding hydrogens is 320 g/mol. The summed E-state index contributed by atoms with van der Waals surface area (Å²) >= 11 is 1.48. The van der Waals surface area contributed by atoms with Crippen molar-refractivity contribution in [2.75, 3.05) is 0 Å². The van der Waals surface area contributed by atoms with Crippen molar-refractivity contribution in [3.63, 3.8) is 0 Å². The Labute approximate surface area is 132 Å². The molecule has 3 rings (SSSR count). The summed E-state index contributed by atoms with van der Waals surface area (Å²) in [6, 6.07) is 7.52. The minimum atomic E-state index is -3.60. The Balaban J connectivity index is 1.94. The van der Waals surface area contributed by atoms with E-state index in [0.29, 0.717) is 17.3 Å². The Hall–Kier alpha value is -1.77. The van der Waals surface area contributed by atoms with Crippen LogP contribution in [0.5, 0.6) is 0 Å². The molecule has 0 aliphatic rings. The third kappa shape index (κ3) is 2.65. The topological polar surface area (TPSA) is 76.9 Å². The number of rotatable bonds is 5. The number of nitrogens with one attached hydrogen (secondary N) is 1. The molecule has 116 valence electrons. The largest absolute Gasteiger partial charge is 0.317 e. The van der Waals surface area contributed by atoms with Crippen molar-refractivity contribution in [2.45, 2.75) is 31.8 Å². The molecule has 0 bridgehead atoms. The highest BCUT2D eigenvalue weighted by Gasteiger charge is 2.22. The number of nitrogens with zero attached hydrogens (tertiary/aromatic N) is 3. The molecule has 0 spiro atoms. The van der Waals surface area contributed by atoms with Crippen LogP contribution in [0.15, 0.2) is 35.5 Å². The molecule has 1 N–H and O–H groups in total. The minimum absolute atomic E-state index is 0.125. The number of benzene rings is 1. The van der Waals surface area contributed by atoms with E-state index in [1.165, 1.54) is 11.3 Å². The van der Waals surface area contributed by atoms with Gasteiger partial charge in [-0.25, -0.2) is 13.1 Å². The predicted molar refractivity (Wildman–Crippen MR) is 86.3 cm³/mol. The van der Waals surface area contributed by atoms with Gasteiger partial charge in [0.1, 0.15) is 17.0 Å². The lowest BCUT2D eigenvalue weighted by Gasteiger charge is -2.07. The predicted octanol–water partition coefficient (Wildman–Crippen LogP) is 2.30. The zero-order valence-corrected chi connectivity index (χ0v) is 13.9. The van der Waals surface area contributed by atoms with Crippen molar-refractivity contribution in [1.82, 2.24) is 19.5 Å². The first kappa shape index (κ1) is 15.1. The fraction of sp³-hybridized carbons (Fsp3) is 0.286. The van der Waals surface area contributed by atoms with Gasteiger partial charge in [0.25, 0.3) is 0 Å². The summed E-state index contributed by atoms with van der Waals surface area (Å²) in [6.07, 6.45) is 1.59. The van der Waals surface area contributed by atoms with Crippen molar-refractivity contribution in [3.8, 4) is 0 Å². The number of sulfonamides is 1. The number of fused-ring (bicyclic) bond motifs is 1. The molecule has 3 aromatic rings. The SMILES string of the molecule is CCn1cnnc1CNS(=O)(=O)c1c(C)sc2ccccc12. The van der Waals surface area contributed by atoms with Crippen LogP contribution >= 0.6 is 11.3 Å². The van der Waals surface area contributed by atoms with E-state index in [9.17, 15) is 8.42 Å². The lowest BCUT2D eigenvalue weighted by molar-refractivity contribution is 0.576. The Bertz CT molecular complexity index is 912. The minimum Gasteiger partial charge on any atom is -0.317 e. The molecule has 0 aliphatic carbocycles. The highest BCUT2D eigenvalue weighted by molar-refractivity contribution is 7.90. The maximum Gasteiger partial charge on any atom is 0.242 e. The fourth-order valence-corrected chi connectivity index (χ4v) is 5.18. The molecule has 0 unspecified atom stereocenters. The summed E-state index contributed by atoms with van der Waals surface area (Å²) in [5.41, 5.74) is 0. The van der Waals surface area contributed by atoms with Crippen LogP contribution in [0.25, 0.3) is 10.1 Å². The van der Waals surface area contributed by atoms with Gasteiger partial charge in [-0.15, -0.1) is 21.5 Å². The van der Waals surface area contributed by atoms with Crippen LogP contribution in [0.4, 0.5) is 0 Å². The molecule has 1 aromatic carbocycles. The van der Waals surface area contributed by atoms with Gasteiger partial charge < -0.3 is 4.57 Å². The number of aromatic nitrogens is 3. The second-order valence-corrected chi connectivity index (χ2v) is 7.80. The summed E-state index contributed by atoms with van der Waals surface area (Å²) in [5, 5.41) is 8.51. The number of hydrogen-bond donors (Lipinski definition) is 1. The van der Waals surface area contributed by atoms with Gasteiger partial charge in [-0.1, -0.05) is 18.2 Å². The van der Waals surface area contributed by atoms with Crippen LogP contribution in [0, 0.1) is 6.92 Å². The van der Waals surface area contributed by atoms with E-state index in [1.807, 2.05) is 38.1 Å². The molecule has 0 amide bonds. The van der Waals surface area contributed by atoms with Crippen molar-refractivity contribution in [3.05, 3.63) is 41.3 Å². The lowest BCUT2D eigenvalue weighted by Crippen LogP contribution is -2.25. The maximum atomic E-state index is 12.7. The number of aryl methyl sites for hydroxylation is 2. The first-order chi connectivity index (χ1) is 10.5. The molecule has 8 heteroatoms. The highest BCUT2D eigenvalue weighted by atomic mass is 32.2. The van der Waals surface area contributed by atoms with Gasteiger partial charge >= 0.3 is 0 Å². The third-order valence-electron chi connectivity index (χ3n) is 3.44. The van der Waals surface area contributed by atoms with Crippen molar-refractivity contribution in [2.24, 2.45) is 0 Å². The van der Waals surface area contributed by atoms with Gasteiger partial charge in [0, 0.05) is 21.5 Å². The van der Waals surface area contributed by atoms with Crippen LogP contribution < -0.4 is 4.72 Å². The van der Waals surface area contributed by atoms with Crippen LogP contribution in [-0.4, -0.2) is 23.2 Å². The molecule has 6 nitrogen and oxygen atoms in total. The summed E-state index contributed by atoms with van der Waals surface area (Å²) < 4.78 is 30.7. The lowest BCUT2D eigenvalue weighted by atomic mass is 10.2. The molecule has 0 saturated heterocycles. The Morgan fingerprint density at radius 1 is 1.32 bits per heavy atom. The van der Waals surface area contributed by atoms with Gasteiger partial charge in [-0.05, 0) is 19.9 Å². The Kier molecular flexibility index (Phi) is 3.98. The van der Waals surface area contributed by atoms with Crippen molar-refractivity contribution < 1.29 is 8.42 Å². The van der Waals surface area contributed by atoms with Crippen LogP contribution in [-0.2, 0) is 23.1 Å². The number of hydrogen-bond acceptors (Lipinski definition) is 5. The maximum absolute atomic E-state index is 12.7. The van der Waals surface area contributed by atoms with Gasteiger partial charge in [0.2, 0.25) is 10.0 Å². The summed E-state index contributed by atoms with van der Waals surface area (Å²) in [5.74, 6) is 0.600. The number of thiophene rings is 1. The second-order valence-electron chi connectivity index (χ2n) is 4.84. The van der Waals surface area contributed by atoms with E-state index in [-0.39, 0.29) is 6.54 Å². The van der Waals surface area contributed by atoms with Crippen LogP contribution in [0.2, 0.25) is 0 Å². The normalized spacial score (nSPS) is 12.1. The first-order valence-electron chi connectivity index (χ1n) is 6.87. The van der Waals surface area contributed by atoms with Gasteiger partial charge in [-0.3, -0.25) is 0 Å². The van der Waals surface area contributed by atoms with Crippen LogP contribution in [0.1, 0.15) is 17.6 Å². The zero-order valence-electron chi connectivity index (χ0n) is 12.3. The highest BCUT2D eigenvalue weighted by Crippen LogP contribution is 2.33. The summed E-state index contributed by atoms with van der Waals surface area (Å²) in [4.78, 5) is 1.14. The van der Waals surface area contributed by atoms with Crippen LogP contribution in [0.3, 0.4) is 0 Å². The molecule has 22 heavy (non-hydrogen) atoms. The van der Waals surface area contributed by atoms with E-state index < -0.39 is 10.0 Å². The van der Waals surface area contributed by atoms with E-state index in [1.54, 1.807) is 10.9 Å². The molecule has 2 aromatic heterocycles.